The van der Waals surface area contributed by atoms with E-state index in [1.54, 1.807) is 42.2 Å². The lowest BCUT2D eigenvalue weighted by atomic mass is 9.97. The van der Waals surface area contributed by atoms with Gasteiger partial charge in [0, 0.05) is 30.0 Å². The molecule has 3 amide bonds. The van der Waals surface area contributed by atoms with Gasteiger partial charge in [0.05, 0.1) is 5.92 Å². The van der Waals surface area contributed by atoms with E-state index in [2.05, 4.69) is 10.6 Å². The van der Waals surface area contributed by atoms with Crippen LogP contribution in [0.2, 0.25) is 0 Å². The van der Waals surface area contributed by atoms with E-state index in [4.69, 9.17) is 5.11 Å². The van der Waals surface area contributed by atoms with Gasteiger partial charge < -0.3 is 20.6 Å². The van der Waals surface area contributed by atoms with Gasteiger partial charge in [0.15, 0.2) is 0 Å². The van der Waals surface area contributed by atoms with Crippen molar-refractivity contribution in [3.8, 4) is 0 Å². The fourth-order valence-electron chi connectivity index (χ4n) is 3.26. The first kappa shape index (κ1) is 19.4. The molecule has 1 saturated heterocycles. The zero-order valence-corrected chi connectivity index (χ0v) is 15.6. The van der Waals surface area contributed by atoms with Crippen molar-refractivity contribution >= 4 is 29.3 Å². The second kappa shape index (κ2) is 8.56. The third-order valence-electron chi connectivity index (χ3n) is 4.98. The number of carbonyl (C=O) groups is 3. The van der Waals surface area contributed by atoms with E-state index in [0.717, 1.165) is 0 Å². The second-order valence-electron chi connectivity index (χ2n) is 6.83. The van der Waals surface area contributed by atoms with Crippen molar-refractivity contribution in [2.75, 3.05) is 23.7 Å². The zero-order chi connectivity index (χ0) is 20.1. The molecule has 7 nitrogen and oxygen atoms in total. The number of piperidine rings is 1. The van der Waals surface area contributed by atoms with Gasteiger partial charge in [0.1, 0.15) is 0 Å². The molecule has 0 aromatic heterocycles. The molecule has 0 saturated carbocycles. The van der Waals surface area contributed by atoms with Crippen LogP contribution in [-0.4, -0.2) is 41.0 Å². The van der Waals surface area contributed by atoms with E-state index in [0.29, 0.717) is 48.4 Å². The summed E-state index contributed by atoms with van der Waals surface area (Å²) in [6.07, 6.45) is 0.891. The van der Waals surface area contributed by atoms with Crippen molar-refractivity contribution in [2.45, 2.75) is 19.8 Å². The Balaban J connectivity index is 1.67. The number of nitrogens with one attached hydrogen (secondary N) is 2. The number of rotatable bonds is 4. The van der Waals surface area contributed by atoms with Crippen molar-refractivity contribution in [3.63, 3.8) is 0 Å². The topological polar surface area (TPSA) is 98.7 Å². The molecule has 7 heteroatoms. The number of carboxylic acid groups (broad SMARTS) is 1. The number of likely N-dealkylation sites (tertiary alicyclic amines) is 1. The first-order chi connectivity index (χ1) is 13.5. The third kappa shape index (κ3) is 4.49. The molecular formula is C21H23N3O4. The van der Waals surface area contributed by atoms with Crippen LogP contribution in [0.4, 0.5) is 16.2 Å². The first-order valence-electron chi connectivity index (χ1n) is 9.20. The SMILES string of the molecule is Cc1c(NC(=O)N2CCC(C(=O)O)CC2)cccc1C(=O)Nc1ccccc1. The molecule has 1 fully saturated rings. The fraction of sp³-hybridized carbons (Fsp3) is 0.286. The molecule has 28 heavy (non-hydrogen) atoms. The minimum Gasteiger partial charge on any atom is -0.481 e. The highest BCUT2D eigenvalue weighted by Gasteiger charge is 2.27. The van der Waals surface area contributed by atoms with E-state index in [1.165, 1.54) is 0 Å². The van der Waals surface area contributed by atoms with Crippen LogP contribution in [0.5, 0.6) is 0 Å². The Morgan fingerprint density at radius 1 is 0.964 bits per heavy atom. The second-order valence-corrected chi connectivity index (χ2v) is 6.83. The molecule has 2 aromatic rings. The summed E-state index contributed by atoms with van der Waals surface area (Å²) in [5.74, 6) is -1.45. The van der Waals surface area contributed by atoms with Gasteiger partial charge in [0.2, 0.25) is 0 Å². The molecule has 146 valence electrons. The highest BCUT2D eigenvalue weighted by molar-refractivity contribution is 6.06. The van der Waals surface area contributed by atoms with E-state index in [-0.39, 0.29) is 11.9 Å². The number of amides is 3. The van der Waals surface area contributed by atoms with Crippen molar-refractivity contribution in [1.29, 1.82) is 0 Å². The van der Waals surface area contributed by atoms with Gasteiger partial charge in [-0.05, 0) is 49.6 Å². The van der Waals surface area contributed by atoms with Crippen LogP contribution in [0.15, 0.2) is 48.5 Å². The number of urea groups is 1. The van der Waals surface area contributed by atoms with Crippen LogP contribution in [-0.2, 0) is 4.79 Å². The van der Waals surface area contributed by atoms with Gasteiger partial charge >= 0.3 is 12.0 Å². The minimum atomic E-state index is -0.812. The Hall–Kier alpha value is -3.35. The van der Waals surface area contributed by atoms with Crippen LogP contribution in [0, 0.1) is 12.8 Å². The van der Waals surface area contributed by atoms with Crippen molar-refractivity contribution < 1.29 is 19.5 Å². The Morgan fingerprint density at radius 3 is 2.29 bits per heavy atom. The van der Waals surface area contributed by atoms with Crippen LogP contribution in [0.1, 0.15) is 28.8 Å². The third-order valence-corrected chi connectivity index (χ3v) is 4.98. The van der Waals surface area contributed by atoms with Gasteiger partial charge in [0.25, 0.3) is 5.91 Å². The highest BCUT2D eigenvalue weighted by atomic mass is 16.4. The summed E-state index contributed by atoms with van der Waals surface area (Å²) in [4.78, 5) is 37.8. The number of para-hydroxylation sites is 1. The van der Waals surface area contributed by atoms with E-state index < -0.39 is 11.9 Å². The summed E-state index contributed by atoms with van der Waals surface area (Å²) in [6, 6.07) is 14.1. The van der Waals surface area contributed by atoms with E-state index in [9.17, 15) is 14.4 Å². The quantitative estimate of drug-likeness (QED) is 0.754. The molecular weight excluding hydrogens is 358 g/mol. The van der Waals surface area contributed by atoms with Gasteiger partial charge in [-0.2, -0.15) is 0 Å². The molecule has 1 aliphatic heterocycles. The number of aliphatic carboxylic acids is 1. The molecule has 0 unspecified atom stereocenters. The van der Waals surface area contributed by atoms with Crippen LogP contribution in [0.3, 0.4) is 0 Å². The maximum Gasteiger partial charge on any atom is 0.321 e. The normalized spacial score (nSPS) is 14.4. The Kier molecular flexibility index (Phi) is 5.93. The van der Waals surface area contributed by atoms with Crippen molar-refractivity contribution in [2.24, 2.45) is 5.92 Å². The largest absolute Gasteiger partial charge is 0.481 e. The molecule has 0 bridgehead atoms. The molecule has 3 rings (SSSR count). The van der Waals surface area contributed by atoms with Crippen molar-refractivity contribution in [3.05, 3.63) is 59.7 Å². The summed E-state index contributed by atoms with van der Waals surface area (Å²) >= 11 is 0. The van der Waals surface area contributed by atoms with Crippen LogP contribution >= 0.6 is 0 Å². The lowest BCUT2D eigenvalue weighted by Gasteiger charge is -2.30. The van der Waals surface area contributed by atoms with Gasteiger partial charge in [-0.3, -0.25) is 9.59 Å². The number of carbonyl (C=O) groups excluding carboxylic acids is 2. The summed E-state index contributed by atoms with van der Waals surface area (Å²) in [7, 11) is 0. The Labute approximate surface area is 163 Å². The van der Waals surface area contributed by atoms with Gasteiger partial charge in [-0.1, -0.05) is 24.3 Å². The highest BCUT2D eigenvalue weighted by Crippen LogP contribution is 2.22. The Bertz CT molecular complexity index is 874. The molecule has 0 aliphatic carbocycles. The predicted octanol–water partition coefficient (Wildman–Crippen LogP) is 3.58. The number of anilines is 2. The number of carboxylic acids is 1. The molecule has 1 aliphatic rings. The fourth-order valence-corrected chi connectivity index (χ4v) is 3.26. The summed E-state index contributed by atoms with van der Waals surface area (Å²) < 4.78 is 0. The maximum absolute atomic E-state index is 12.6. The van der Waals surface area contributed by atoms with Crippen molar-refractivity contribution in [1.82, 2.24) is 4.90 Å². The van der Waals surface area contributed by atoms with Crippen LogP contribution < -0.4 is 10.6 Å². The molecule has 0 atom stereocenters. The van der Waals surface area contributed by atoms with E-state index >= 15 is 0 Å². The van der Waals surface area contributed by atoms with Gasteiger partial charge in [-0.25, -0.2) is 4.79 Å². The number of nitrogens with zero attached hydrogens (tertiary/aromatic N) is 1. The van der Waals surface area contributed by atoms with Crippen LogP contribution in [0.25, 0.3) is 0 Å². The average Bonchev–Trinajstić information content (AvgIpc) is 2.70. The average molecular weight is 381 g/mol. The smallest absolute Gasteiger partial charge is 0.321 e. The van der Waals surface area contributed by atoms with E-state index in [1.807, 2.05) is 18.2 Å². The maximum atomic E-state index is 12.6. The summed E-state index contributed by atoms with van der Waals surface area (Å²) in [6.45, 7) is 2.58. The number of benzene rings is 2. The number of hydrogen-bond donors (Lipinski definition) is 3. The lowest BCUT2D eigenvalue weighted by molar-refractivity contribution is -0.143. The predicted molar refractivity (Wildman–Crippen MR) is 107 cm³/mol. The monoisotopic (exact) mass is 381 g/mol. The molecule has 1 heterocycles. The first-order valence-corrected chi connectivity index (χ1v) is 9.20. The summed E-state index contributed by atoms with van der Waals surface area (Å²) in [5, 5.41) is 14.7. The zero-order valence-electron chi connectivity index (χ0n) is 15.6. The van der Waals surface area contributed by atoms with Gasteiger partial charge in [-0.15, -0.1) is 0 Å². The Morgan fingerprint density at radius 2 is 1.64 bits per heavy atom. The molecule has 0 radical (unpaired) electrons. The standard InChI is InChI=1S/C21H23N3O4/c1-14-17(19(25)22-16-6-3-2-4-7-16)8-5-9-18(14)23-21(28)24-12-10-15(11-13-24)20(26)27/h2-9,15H,10-13H2,1H3,(H,22,25)(H,23,28)(H,26,27). The molecule has 0 spiro atoms. The lowest BCUT2D eigenvalue weighted by Crippen LogP contribution is -2.42. The minimum absolute atomic E-state index is 0.248. The summed E-state index contributed by atoms with van der Waals surface area (Å²) in [5.41, 5.74) is 2.41. The molecule has 3 N–H and O–H groups in total. The number of hydrogen-bond acceptors (Lipinski definition) is 3. The molecule has 2 aromatic carbocycles.